The first kappa shape index (κ1) is 14.8. The number of hydrogen-bond donors (Lipinski definition) is 0. The third-order valence-corrected chi connectivity index (χ3v) is 4.64. The molecule has 0 fully saturated rings. The highest BCUT2D eigenvalue weighted by molar-refractivity contribution is 5.84. The molecule has 0 saturated carbocycles. The second-order valence-electron chi connectivity index (χ2n) is 6.10. The summed E-state index contributed by atoms with van der Waals surface area (Å²) in [5.74, 6) is 1.40. The zero-order chi connectivity index (χ0) is 16.7. The van der Waals surface area contributed by atoms with Crippen molar-refractivity contribution in [1.29, 1.82) is 0 Å². The fourth-order valence-corrected chi connectivity index (χ4v) is 3.13. The Hall–Kier alpha value is -2.81. The molecule has 0 bridgehead atoms. The first-order chi connectivity index (χ1) is 11.7. The van der Waals surface area contributed by atoms with Gasteiger partial charge in [0.2, 0.25) is 0 Å². The van der Waals surface area contributed by atoms with Crippen LogP contribution in [0.15, 0.2) is 69.4 Å². The van der Waals surface area contributed by atoms with Gasteiger partial charge in [0.05, 0.1) is 5.39 Å². The fourth-order valence-electron chi connectivity index (χ4n) is 3.13. The van der Waals surface area contributed by atoms with Gasteiger partial charge in [-0.1, -0.05) is 36.4 Å². The molecule has 120 valence electrons. The lowest BCUT2D eigenvalue weighted by molar-refractivity contribution is 0.270. The SMILES string of the molecule is C/C=C(\C)[C@H]1Cc2c(ccc3c(=O)cc(-c4ccccc4)oc23)O1. The highest BCUT2D eigenvalue weighted by Gasteiger charge is 2.27. The molecule has 1 aromatic heterocycles. The predicted molar refractivity (Wildman–Crippen MR) is 95.5 cm³/mol. The number of ether oxygens (including phenoxy) is 1. The van der Waals surface area contributed by atoms with Crippen molar-refractivity contribution in [3.8, 4) is 17.1 Å². The molecule has 3 nitrogen and oxygen atoms in total. The summed E-state index contributed by atoms with van der Waals surface area (Å²) >= 11 is 0. The maximum Gasteiger partial charge on any atom is 0.193 e. The van der Waals surface area contributed by atoms with Crippen molar-refractivity contribution in [2.24, 2.45) is 0 Å². The Morgan fingerprint density at radius 1 is 1.17 bits per heavy atom. The minimum Gasteiger partial charge on any atom is -0.485 e. The van der Waals surface area contributed by atoms with Crippen LogP contribution in [0.1, 0.15) is 19.4 Å². The van der Waals surface area contributed by atoms with Crippen molar-refractivity contribution in [1.82, 2.24) is 0 Å². The van der Waals surface area contributed by atoms with Gasteiger partial charge < -0.3 is 9.15 Å². The Labute approximate surface area is 140 Å². The molecule has 0 amide bonds. The molecule has 0 unspecified atom stereocenters. The van der Waals surface area contributed by atoms with Gasteiger partial charge in [-0.25, -0.2) is 0 Å². The molecule has 2 heterocycles. The molecule has 4 rings (SSSR count). The minimum atomic E-state index is -0.0240. The van der Waals surface area contributed by atoms with Crippen LogP contribution in [0.2, 0.25) is 0 Å². The van der Waals surface area contributed by atoms with E-state index in [0.717, 1.165) is 23.3 Å². The molecule has 0 saturated heterocycles. The first-order valence-corrected chi connectivity index (χ1v) is 8.12. The van der Waals surface area contributed by atoms with Crippen LogP contribution in [0.4, 0.5) is 0 Å². The van der Waals surface area contributed by atoms with Crippen molar-refractivity contribution < 1.29 is 9.15 Å². The number of allylic oxidation sites excluding steroid dienone is 1. The summed E-state index contributed by atoms with van der Waals surface area (Å²) < 4.78 is 12.2. The second kappa shape index (κ2) is 5.68. The number of fused-ring (bicyclic) bond motifs is 3. The van der Waals surface area contributed by atoms with Gasteiger partial charge in [0.1, 0.15) is 23.2 Å². The van der Waals surface area contributed by atoms with Gasteiger partial charge in [-0.3, -0.25) is 4.79 Å². The molecule has 3 heteroatoms. The lowest BCUT2D eigenvalue weighted by atomic mass is 10.0. The zero-order valence-electron chi connectivity index (χ0n) is 13.7. The van der Waals surface area contributed by atoms with Crippen LogP contribution >= 0.6 is 0 Å². The van der Waals surface area contributed by atoms with Gasteiger partial charge in [-0.05, 0) is 31.6 Å². The number of benzene rings is 2. The molecule has 1 aliphatic rings. The summed E-state index contributed by atoms with van der Waals surface area (Å²) in [6.07, 6.45) is 2.80. The summed E-state index contributed by atoms with van der Waals surface area (Å²) in [5.41, 5.74) is 3.68. The lowest BCUT2D eigenvalue weighted by Gasteiger charge is -2.09. The Kier molecular flexibility index (Phi) is 3.49. The Balaban J connectivity index is 1.91. The van der Waals surface area contributed by atoms with Crippen LogP contribution in [0.25, 0.3) is 22.3 Å². The minimum absolute atomic E-state index is 0.0151. The molecule has 0 radical (unpaired) electrons. The molecular weight excluding hydrogens is 300 g/mol. The highest BCUT2D eigenvalue weighted by atomic mass is 16.5. The third-order valence-electron chi connectivity index (χ3n) is 4.64. The van der Waals surface area contributed by atoms with E-state index in [1.54, 1.807) is 12.1 Å². The Bertz CT molecular complexity index is 997. The van der Waals surface area contributed by atoms with E-state index in [2.05, 4.69) is 13.0 Å². The molecule has 0 spiro atoms. The number of rotatable bonds is 2. The largest absolute Gasteiger partial charge is 0.485 e. The molecule has 0 aliphatic carbocycles. The molecule has 2 aromatic carbocycles. The van der Waals surface area contributed by atoms with Gasteiger partial charge >= 0.3 is 0 Å². The number of hydrogen-bond acceptors (Lipinski definition) is 3. The molecule has 1 aliphatic heterocycles. The van der Waals surface area contributed by atoms with E-state index < -0.39 is 0 Å². The summed E-state index contributed by atoms with van der Waals surface area (Å²) in [4.78, 5) is 12.5. The summed E-state index contributed by atoms with van der Waals surface area (Å²) in [5, 5.41) is 0.607. The van der Waals surface area contributed by atoms with Gasteiger partial charge in [0.15, 0.2) is 5.43 Å². The molecule has 24 heavy (non-hydrogen) atoms. The smallest absolute Gasteiger partial charge is 0.193 e. The Morgan fingerprint density at radius 3 is 2.71 bits per heavy atom. The van der Waals surface area contributed by atoms with Crippen LogP contribution in [-0.2, 0) is 6.42 Å². The van der Waals surface area contributed by atoms with Crippen molar-refractivity contribution >= 4 is 11.0 Å². The van der Waals surface area contributed by atoms with E-state index in [0.29, 0.717) is 16.7 Å². The van der Waals surface area contributed by atoms with Crippen LogP contribution in [-0.4, -0.2) is 6.10 Å². The molecular formula is C21H18O3. The monoisotopic (exact) mass is 318 g/mol. The zero-order valence-corrected chi connectivity index (χ0v) is 13.7. The van der Waals surface area contributed by atoms with Gasteiger partial charge in [-0.2, -0.15) is 0 Å². The Morgan fingerprint density at radius 2 is 1.96 bits per heavy atom. The summed E-state index contributed by atoms with van der Waals surface area (Å²) in [6.45, 7) is 4.07. The van der Waals surface area contributed by atoms with E-state index in [1.165, 1.54) is 5.57 Å². The normalized spacial score (nSPS) is 16.9. The lowest BCUT2D eigenvalue weighted by Crippen LogP contribution is -2.13. The molecule has 1 atom stereocenters. The standard InChI is InChI=1S/C21H18O3/c1-3-13(2)19-11-16-18(23-19)10-9-15-17(22)12-20(24-21(15)16)14-7-5-4-6-8-14/h3-10,12,19H,11H2,1-2H3/b13-3+/t19-/m1/s1. The first-order valence-electron chi connectivity index (χ1n) is 8.12. The summed E-state index contributed by atoms with van der Waals surface area (Å²) in [7, 11) is 0. The maximum atomic E-state index is 12.5. The van der Waals surface area contributed by atoms with Gasteiger partial charge in [0, 0.05) is 23.6 Å². The van der Waals surface area contributed by atoms with E-state index in [-0.39, 0.29) is 11.5 Å². The highest BCUT2D eigenvalue weighted by Crippen LogP contribution is 2.37. The van der Waals surface area contributed by atoms with E-state index in [9.17, 15) is 4.79 Å². The summed E-state index contributed by atoms with van der Waals surface area (Å²) in [6, 6.07) is 14.9. The van der Waals surface area contributed by atoms with Crippen LogP contribution < -0.4 is 10.2 Å². The van der Waals surface area contributed by atoms with Crippen molar-refractivity contribution in [3.63, 3.8) is 0 Å². The van der Waals surface area contributed by atoms with Crippen molar-refractivity contribution in [3.05, 3.63) is 76.0 Å². The maximum absolute atomic E-state index is 12.5. The van der Waals surface area contributed by atoms with Crippen LogP contribution in [0.5, 0.6) is 5.75 Å². The fraction of sp³-hybridized carbons (Fsp3) is 0.190. The third kappa shape index (κ3) is 2.33. The van der Waals surface area contributed by atoms with Gasteiger partial charge in [0.25, 0.3) is 0 Å². The predicted octanol–water partition coefficient (Wildman–Crippen LogP) is 4.73. The van der Waals surface area contributed by atoms with Crippen LogP contribution in [0.3, 0.4) is 0 Å². The molecule has 0 N–H and O–H groups in total. The van der Waals surface area contributed by atoms with Crippen molar-refractivity contribution in [2.45, 2.75) is 26.4 Å². The second-order valence-corrected chi connectivity index (χ2v) is 6.10. The van der Waals surface area contributed by atoms with E-state index in [1.807, 2.05) is 43.3 Å². The quantitative estimate of drug-likeness (QED) is 0.641. The van der Waals surface area contributed by atoms with Gasteiger partial charge in [-0.15, -0.1) is 0 Å². The van der Waals surface area contributed by atoms with Crippen LogP contribution in [0, 0.1) is 0 Å². The van der Waals surface area contributed by atoms with E-state index in [4.69, 9.17) is 9.15 Å². The average molecular weight is 318 g/mol. The average Bonchev–Trinajstić information content (AvgIpc) is 3.06. The van der Waals surface area contributed by atoms with E-state index >= 15 is 0 Å². The topological polar surface area (TPSA) is 39.4 Å². The molecule has 3 aromatic rings. The van der Waals surface area contributed by atoms with Crippen molar-refractivity contribution in [2.75, 3.05) is 0 Å².